The number of ether oxygens (including phenoxy) is 2. The molecule has 3 aliphatic rings. The fraction of sp³-hybridized carbons (Fsp3) is 0.529. The number of carbonyl (C=O) groups excluding carboxylic acids is 2. The van der Waals surface area contributed by atoms with Crippen molar-refractivity contribution in [3.05, 3.63) is 29.8 Å². The molecule has 22 heavy (non-hydrogen) atoms. The van der Waals surface area contributed by atoms with E-state index in [1.807, 2.05) is 18.2 Å². The summed E-state index contributed by atoms with van der Waals surface area (Å²) in [5.74, 6) is -2.07. The summed E-state index contributed by atoms with van der Waals surface area (Å²) >= 11 is 0. The monoisotopic (exact) mass is 301 g/mol. The minimum absolute atomic E-state index is 0.168. The molecule has 0 unspecified atom stereocenters. The summed E-state index contributed by atoms with van der Waals surface area (Å²) in [7, 11) is 0. The van der Waals surface area contributed by atoms with Crippen LogP contribution in [0.5, 0.6) is 0 Å². The lowest BCUT2D eigenvalue weighted by atomic mass is 9.70. The number of carbonyl (C=O) groups is 2. The van der Waals surface area contributed by atoms with Crippen LogP contribution in [0, 0.1) is 5.41 Å². The summed E-state index contributed by atoms with van der Waals surface area (Å²) in [4.78, 5) is 27.8. The molecule has 0 radical (unpaired) electrons. The zero-order valence-corrected chi connectivity index (χ0v) is 12.8. The minimum Gasteiger partial charge on any atom is -0.422 e. The number of nitrogens with zero attached hydrogens (tertiary/aromatic N) is 1. The first-order valence-corrected chi connectivity index (χ1v) is 7.75. The standard InChI is InChI=1S/C17H19NO4/c1-16(2)21-14(19)17(15(20)22-16)10-11-6-3-4-7-12(11)18-9-5-8-13(17)18/h3-4,6-7,13H,5,8-10H2,1-2H3/t13-/m0/s1. The number of anilines is 1. The number of hydrogen-bond acceptors (Lipinski definition) is 5. The molecule has 116 valence electrons. The van der Waals surface area contributed by atoms with Crippen molar-refractivity contribution in [2.45, 2.75) is 44.9 Å². The highest BCUT2D eigenvalue weighted by Crippen LogP contribution is 2.49. The van der Waals surface area contributed by atoms with Crippen molar-refractivity contribution < 1.29 is 19.1 Å². The van der Waals surface area contributed by atoms with E-state index in [-0.39, 0.29) is 6.04 Å². The average molecular weight is 301 g/mol. The van der Waals surface area contributed by atoms with Crippen molar-refractivity contribution in [2.75, 3.05) is 11.4 Å². The van der Waals surface area contributed by atoms with Gasteiger partial charge in [-0.25, -0.2) is 0 Å². The van der Waals surface area contributed by atoms with Crippen LogP contribution in [-0.2, 0) is 25.5 Å². The zero-order valence-electron chi connectivity index (χ0n) is 12.8. The van der Waals surface area contributed by atoms with Crippen LogP contribution in [0.4, 0.5) is 5.69 Å². The molecular formula is C17H19NO4. The molecule has 5 heteroatoms. The maximum Gasteiger partial charge on any atom is 0.329 e. The lowest BCUT2D eigenvalue weighted by molar-refractivity contribution is -0.252. The largest absolute Gasteiger partial charge is 0.422 e. The van der Waals surface area contributed by atoms with Gasteiger partial charge in [-0.2, -0.15) is 0 Å². The Balaban J connectivity index is 1.85. The van der Waals surface area contributed by atoms with E-state index in [1.54, 1.807) is 13.8 Å². The maximum atomic E-state index is 12.8. The van der Waals surface area contributed by atoms with Gasteiger partial charge in [-0.1, -0.05) is 18.2 Å². The molecule has 1 spiro atoms. The Morgan fingerprint density at radius 1 is 1.14 bits per heavy atom. The Morgan fingerprint density at radius 2 is 1.82 bits per heavy atom. The van der Waals surface area contributed by atoms with E-state index in [9.17, 15) is 9.59 Å². The zero-order chi connectivity index (χ0) is 15.5. The molecule has 0 saturated carbocycles. The van der Waals surface area contributed by atoms with Gasteiger partial charge in [-0.15, -0.1) is 0 Å². The SMILES string of the molecule is CC1(C)OC(=O)C2(Cc3ccccc3N3CCC[C@H]32)C(=O)O1. The van der Waals surface area contributed by atoms with E-state index < -0.39 is 23.1 Å². The normalized spacial score (nSPS) is 27.9. The number of fused-ring (bicyclic) bond motifs is 4. The lowest BCUT2D eigenvalue weighted by Crippen LogP contribution is -2.64. The van der Waals surface area contributed by atoms with Gasteiger partial charge < -0.3 is 14.4 Å². The number of cyclic esters (lactones) is 2. The quantitative estimate of drug-likeness (QED) is 0.542. The minimum atomic E-state index is -1.22. The topological polar surface area (TPSA) is 55.8 Å². The van der Waals surface area contributed by atoms with Crippen molar-refractivity contribution >= 4 is 17.6 Å². The molecule has 1 aromatic carbocycles. The van der Waals surface area contributed by atoms with Crippen LogP contribution in [-0.4, -0.2) is 30.3 Å². The highest BCUT2D eigenvalue weighted by Gasteiger charge is 2.64. The predicted octanol–water partition coefficient (Wildman–Crippen LogP) is 2.03. The Bertz CT molecular complexity index is 646. The van der Waals surface area contributed by atoms with Gasteiger partial charge in [0.2, 0.25) is 0 Å². The van der Waals surface area contributed by atoms with Crippen molar-refractivity contribution in [3.63, 3.8) is 0 Å². The Labute approximate surface area is 129 Å². The van der Waals surface area contributed by atoms with E-state index in [4.69, 9.17) is 9.47 Å². The summed E-state index contributed by atoms with van der Waals surface area (Å²) in [6.07, 6.45) is 2.13. The summed E-state index contributed by atoms with van der Waals surface area (Å²) in [5, 5.41) is 0. The molecule has 0 bridgehead atoms. The van der Waals surface area contributed by atoms with Crippen LogP contribution in [0.15, 0.2) is 24.3 Å². The number of rotatable bonds is 0. The van der Waals surface area contributed by atoms with Gasteiger partial charge in [0.1, 0.15) is 0 Å². The van der Waals surface area contributed by atoms with E-state index in [1.165, 1.54) is 0 Å². The highest BCUT2D eigenvalue weighted by molar-refractivity contribution is 6.04. The van der Waals surface area contributed by atoms with Gasteiger partial charge in [0.15, 0.2) is 5.41 Å². The Morgan fingerprint density at radius 3 is 2.55 bits per heavy atom. The van der Waals surface area contributed by atoms with Crippen molar-refractivity contribution in [1.82, 2.24) is 0 Å². The summed E-state index contributed by atoms with van der Waals surface area (Å²) < 4.78 is 10.9. The molecule has 3 heterocycles. The van der Waals surface area contributed by atoms with Gasteiger partial charge >= 0.3 is 11.9 Å². The second-order valence-corrected chi connectivity index (χ2v) is 6.81. The summed E-state index contributed by atoms with van der Waals surface area (Å²) in [5.41, 5.74) is 0.913. The molecule has 0 aromatic heterocycles. The van der Waals surface area contributed by atoms with Crippen LogP contribution in [0.1, 0.15) is 32.3 Å². The first kappa shape index (κ1) is 13.6. The molecule has 3 aliphatic heterocycles. The molecule has 1 atom stereocenters. The fourth-order valence-electron chi connectivity index (χ4n) is 4.08. The number of esters is 2. The smallest absolute Gasteiger partial charge is 0.329 e. The van der Waals surface area contributed by atoms with Crippen molar-refractivity contribution in [1.29, 1.82) is 0 Å². The van der Waals surface area contributed by atoms with Gasteiger partial charge in [-0.3, -0.25) is 9.59 Å². The van der Waals surface area contributed by atoms with E-state index in [0.717, 1.165) is 30.6 Å². The first-order chi connectivity index (χ1) is 10.4. The Kier molecular flexibility index (Phi) is 2.63. The molecule has 5 nitrogen and oxygen atoms in total. The molecular weight excluding hydrogens is 282 g/mol. The molecule has 1 aromatic rings. The Hall–Kier alpha value is -2.04. The number of para-hydroxylation sites is 1. The van der Waals surface area contributed by atoms with Gasteiger partial charge in [-0.05, 0) is 24.5 Å². The molecule has 2 fully saturated rings. The first-order valence-electron chi connectivity index (χ1n) is 7.75. The van der Waals surface area contributed by atoms with Gasteiger partial charge in [0, 0.05) is 32.5 Å². The van der Waals surface area contributed by atoms with E-state index in [0.29, 0.717) is 6.42 Å². The van der Waals surface area contributed by atoms with Crippen LogP contribution in [0.25, 0.3) is 0 Å². The third kappa shape index (κ3) is 1.65. The van der Waals surface area contributed by atoms with Crippen LogP contribution < -0.4 is 4.90 Å². The van der Waals surface area contributed by atoms with E-state index in [2.05, 4.69) is 11.0 Å². The highest BCUT2D eigenvalue weighted by atomic mass is 16.7. The maximum absolute atomic E-state index is 12.8. The third-order valence-electron chi connectivity index (χ3n) is 5.00. The third-order valence-corrected chi connectivity index (χ3v) is 5.00. The summed E-state index contributed by atoms with van der Waals surface area (Å²) in [6, 6.07) is 7.80. The summed E-state index contributed by atoms with van der Waals surface area (Å²) in [6.45, 7) is 4.05. The van der Waals surface area contributed by atoms with E-state index >= 15 is 0 Å². The number of hydrogen-bond donors (Lipinski definition) is 0. The second kappa shape index (κ2) is 4.24. The fourth-order valence-corrected chi connectivity index (χ4v) is 4.08. The number of benzene rings is 1. The van der Waals surface area contributed by atoms with Gasteiger partial charge in [0.05, 0.1) is 6.04 Å². The molecule has 0 N–H and O–H groups in total. The molecule has 0 amide bonds. The van der Waals surface area contributed by atoms with Crippen molar-refractivity contribution in [2.24, 2.45) is 5.41 Å². The van der Waals surface area contributed by atoms with Crippen molar-refractivity contribution in [3.8, 4) is 0 Å². The molecule has 2 saturated heterocycles. The predicted molar refractivity (Wildman–Crippen MR) is 79.2 cm³/mol. The molecule has 0 aliphatic carbocycles. The van der Waals surface area contributed by atoms with Gasteiger partial charge in [0.25, 0.3) is 5.79 Å². The van der Waals surface area contributed by atoms with Crippen LogP contribution >= 0.6 is 0 Å². The van der Waals surface area contributed by atoms with Crippen LogP contribution in [0.2, 0.25) is 0 Å². The second-order valence-electron chi connectivity index (χ2n) is 6.81. The lowest BCUT2D eigenvalue weighted by Gasteiger charge is -2.49. The molecule has 4 rings (SSSR count). The average Bonchev–Trinajstić information content (AvgIpc) is 2.93. The van der Waals surface area contributed by atoms with Crippen LogP contribution in [0.3, 0.4) is 0 Å².